The summed E-state index contributed by atoms with van der Waals surface area (Å²) in [7, 11) is 0. The topological polar surface area (TPSA) is 70.4 Å². The lowest BCUT2D eigenvalue weighted by molar-refractivity contribution is -0.129. The average molecular weight is 305 g/mol. The molecule has 5 nitrogen and oxygen atoms in total. The molecule has 3 fully saturated rings. The third-order valence-corrected chi connectivity index (χ3v) is 5.39. The number of rotatable bonds is 2. The van der Waals surface area contributed by atoms with Crippen LogP contribution in [0.4, 0.5) is 4.39 Å². The van der Waals surface area contributed by atoms with E-state index < -0.39 is 12.2 Å². The number of hydrogen-bond acceptors (Lipinski definition) is 3. The number of alkyl halides is 1. The molecule has 1 saturated carbocycles. The van der Waals surface area contributed by atoms with Crippen LogP contribution in [0.2, 0.25) is 0 Å². The molecule has 6 heteroatoms. The van der Waals surface area contributed by atoms with Crippen LogP contribution in [0.3, 0.4) is 0 Å². The second-order valence-corrected chi connectivity index (χ2v) is 6.88. The van der Waals surface area contributed by atoms with E-state index in [1.165, 1.54) is 11.3 Å². The van der Waals surface area contributed by atoms with E-state index in [9.17, 15) is 9.18 Å². The van der Waals surface area contributed by atoms with Crippen LogP contribution in [0.1, 0.15) is 32.6 Å². The van der Waals surface area contributed by atoms with Crippen LogP contribution in [-0.4, -0.2) is 48.7 Å². The fourth-order valence-electron chi connectivity index (χ4n) is 3.84. The van der Waals surface area contributed by atoms with Gasteiger partial charge in [-0.25, -0.2) is 4.39 Å². The first-order valence-electron chi connectivity index (χ1n) is 8.03. The van der Waals surface area contributed by atoms with E-state index in [4.69, 9.17) is 5.26 Å². The van der Waals surface area contributed by atoms with E-state index in [1.54, 1.807) is 0 Å². The van der Waals surface area contributed by atoms with Gasteiger partial charge in [0, 0.05) is 24.4 Å². The van der Waals surface area contributed by atoms with Crippen LogP contribution in [-0.2, 0) is 4.79 Å². The molecule has 1 aliphatic carbocycles. The Labute approximate surface area is 130 Å². The van der Waals surface area contributed by atoms with Gasteiger partial charge in [-0.15, -0.1) is 0 Å². The first kappa shape index (κ1) is 15.2. The third-order valence-electron chi connectivity index (χ3n) is 5.39. The van der Waals surface area contributed by atoms with Gasteiger partial charge >= 0.3 is 12.5 Å². The summed E-state index contributed by atoms with van der Waals surface area (Å²) in [4.78, 5) is 17.6. The van der Waals surface area contributed by atoms with Crippen molar-refractivity contribution in [3.05, 3.63) is 4.85 Å². The minimum atomic E-state index is -1.10. The smallest absolute Gasteiger partial charge is 0.317 e. The van der Waals surface area contributed by atoms with Gasteiger partial charge < -0.3 is 10.2 Å². The third kappa shape index (κ3) is 2.80. The van der Waals surface area contributed by atoms with Crippen LogP contribution >= 0.6 is 0 Å². The van der Waals surface area contributed by atoms with Crippen LogP contribution in [0.25, 0.3) is 4.85 Å². The molecule has 0 spiro atoms. The molecule has 2 saturated heterocycles. The summed E-state index contributed by atoms with van der Waals surface area (Å²) < 4.78 is 13.3. The Morgan fingerprint density at radius 1 is 1.59 bits per heavy atom. The molecule has 3 aliphatic rings. The van der Waals surface area contributed by atoms with Crippen LogP contribution in [0, 0.1) is 28.7 Å². The van der Waals surface area contributed by atoms with Gasteiger partial charge in [0.1, 0.15) is 12.2 Å². The van der Waals surface area contributed by atoms with Gasteiger partial charge in [0.25, 0.3) is 6.07 Å². The zero-order chi connectivity index (χ0) is 15.7. The summed E-state index contributed by atoms with van der Waals surface area (Å²) in [5.74, 6) is 0.00279. The minimum absolute atomic E-state index is 0.0136. The number of hydrogen-bond donors (Lipinski definition) is 1. The Hall–Kier alpha value is -1.66. The van der Waals surface area contributed by atoms with Crippen LogP contribution in [0.5, 0.6) is 0 Å². The van der Waals surface area contributed by atoms with Crippen LogP contribution in [0.15, 0.2) is 0 Å². The maximum Gasteiger partial charge on any atom is 0.340 e. The van der Waals surface area contributed by atoms with E-state index in [0.29, 0.717) is 6.04 Å². The predicted molar refractivity (Wildman–Crippen MR) is 80.0 cm³/mol. The Balaban J connectivity index is 1.59. The van der Waals surface area contributed by atoms with Crippen molar-refractivity contribution < 1.29 is 9.18 Å². The Bertz CT molecular complexity index is 559. The first-order chi connectivity index (χ1) is 10.5. The Kier molecular flexibility index (Phi) is 4.06. The van der Waals surface area contributed by atoms with Crippen molar-refractivity contribution in [2.45, 2.75) is 50.9 Å². The highest BCUT2D eigenvalue weighted by Gasteiger charge is 2.51. The number of carbonyl (C=O) groups is 1. The van der Waals surface area contributed by atoms with Crippen molar-refractivity contribution in [1.82, 2.24) is 10.2 Å². The summed E-state index contributed by atoms with van der Waals surface area (Å²) in [6, 6.07) is 5.04. The zero-order valence-electron chi connectivity index (χ0n) is 12.9. The molecule has 1 amide bonds. The van der Waals surface area contributed by atoms with Gasteiger partial charge in [0.05, 0.1) is 18.5 Å². The molecule has 3 rings (SSSR count). The maximum atomic E-state index is 13.3. The van der Waals surface area contributed by atoms with Crippen molar-refractivity contribution in [2.24, 2.45) is 11.3 Å². The lowest BCUT2D eigenvalue weighted by Gasteiger charge is -2.24. The Morgan fingerprint density at radius 3 is 3.05 bits per heavy atom. The normalized spacial score (nSPS) is 40.0. The number of nitrogens with one attached hydrogen (secondary N) is 1. The maximum absolute atomic E-state index is 13.3. The number of halogens is 1. The molecule has 0 radical (unpaired) electrons. The second kappa shape index (κ2) is 5.85. The molecule has 0 aromatic rings. The number of nitriles is 1. The van der Waals surface area contributed by atoms with Gasteiger partial charge in [-0.05, 0) is 12.8 Å². The van der Waals surface area contributed by atoms with E-state index in [2.05, 4.69) is 23.2 Å². The molecule has 0 bridgehead atoms. The molecule has 22 heavy (non-hydrogen) atoms. The summed E-state index contributed by atoms with van der Waals surface area (Å²) in [6.45, 7) is 3.30. The van der Waals surface area contributed by atoms with Crippen molar-refractivity contribution in [3.8, 4) is 12.1 Å². The van der Waals surface area contributed by atoms with E-state index in [1.807, 2.05) is 6.07 Å². The van der Waals surface area contributed by atoms with Gasteiger partial charge in [0.2, 0.25) is 0 Å². The lowest BCUT2D eigenvalue weighted by atomic mass is 9.77. The number of amides is 1. The molecule has 118 valence electrons. The van der Waals surface area contributed by atoms with Gasteiger partial charge in [-0.1, -0.05) is 18.2 Å². The first-order valence-corrected chi connectivity index (χ1v) is 8.03. The SMILES string of the molecule is CC1(C2CN2)CCCC1C#[N+]CC(=O)N1CC(F)CC1C#N. The quantitative estimate of drug-likeness (QED) is 0.787. The monoisotopic (exact) mass is 305 g/mol. The summed E-state index contributed by atoms with van der Waals surface area (Å²) in [5.41, 5.74) is 0.194. The van der Waals surface area contributed by atoms with Gasteiger partial charge in [-0.2, -0.15) is 5.26 Å². The van der Waals surface area contributed by atoms with Crippen molar-refractivity contribution in [3.63, 3.8) is 0 Å². The fraction of sp³-hybridized carbons (Fsp3) is 0.812. The molecular formula is C16H22FN4O+. The molecule has 1 N–H and O–H groups in total. The number of likely N-dealkylation sites (tertiary alicyclic amines) is 1. The summed E-state index contributed by atoms with van der Waals surface area (Å²) in [5, 5.41) is 12.3. The molecule has 0 aromatic heterocycles. The highest BCUT2D eigenvalue weighted by atomic mass is 19.1. The highest BCUT2D eigenvalue weighted by Crippen LogP contribution is 2.47. The lowest BCUT2D eigenvalue weighted by Crippen LogP contribution is -2.36. The van der Waals surface area contributed by atoms with E-state index in [0.717, 1.165) is 19.4 Å². The number of carbonyl (C=O) groups excluding carboxylic acids is 1. The van der Waals surface area contributed by atoms with Crippen molar-refractivity contribution in [1.29, 1.82) is 5.26 Å². The second-order valence-electron chi connectivity index (χ2n) is 6.88. The number of nitrogens with zero attached hydrogens (tertiary/aromatic N) is 3. The Morgan fingerprint density at radius 2 is 2.36 bits per heavy atom. The van der Waals surface area contributed by atoms with Gasteiger partial charge in [-0.3, -0.25) is 4.79 Å². The molecule has 2 aliphatic heterocycles. The standard InChI is InChI=1S/C16H22FN4O/c1-16(14-8-20-14)4-2-3-11(16)7-19-9-15(22)21-10-12(17)5-13(21)6-18/h11-14,20H,2-5,8-10H2,1H3/q+1. The minimum Gasteiger partial charge on any atom is -0.317 e. The summed E-state index contributed by atoms with van der Waals surface area (Å²) >= 11 is 0. The van der Waals surface area contributed by atoms with Crippen molar-refractivity contribution in [2.75, 3.05) is 19.6 Å². The van der Waals surface area contributed by atoms with E-state index >= 15 is 0 Å². The van der Waals surface area contributed by atoms with Crippen LogP contribution < -0.4 is 5.32 Å². The predicted octanol–water partition coefficient (Wildman–Crippen LogP) is 1.56. The summed E-state index contributed by atoms with van der Waals surface area (Å²) in [6.07, 6.45) is 2.41. The largest absolute Gasteiger partial charge is 0.340 e. The molecule has 2 heterocycles. The van der Waals surface area contributed by atoms with E-state index in [-0.39, 0.29) is 36.8 Å². The average Bonchev–Trinajstić information content (AvgIpc) is 3.20. The van der Waals surface area contributed by atoms with Crippen molar-refractivity contribution >= 4 is 5.91 Å². The fourth-order valence-corrected chi connectivity index (χ4v) is 3.84. The zero-order valence-corrected chi connectivity index (χ0v) is 12.9. The highest BCUT2D eigenvalue weighted by molar-refractivity contribution is 5.80. The van der Waals surface area contributed by atoms with Gasteiger partial charge in [0.15, 0.2) is 0 Å². The molecule has 5 unspecified atom stereocenters. The molecular weight excluding hydrogens is 283 g/mol. The molecule has 0 aromatic carbocycles. The molecule has 5 atom stereocenters.